The van der Waals surface area contributed by atoms with Crippen LogP contribution in [-0.4, -0.2) is 11.9 Å². The number of carbonyl (C=O) groups excluding carboxylic acids is 2. The molecule has 0 rings (SSSR count). The molecule has 0 aliphatic carbocycles. The number of aliphatic carboxylic acids is 2. The summed E-state index contributed by atoms with van der Waals surface area (Å²) in [6.07, 6.45) is 1.94. The van der Waals surface area contributed by atoms with Crippen molar-refractivity contribution in [3.05, 3.63) is 21.1 Å². The normalized spacial score (nSPS) is 10.7. The summed E-state index contributed by atoms with van der Waals surface area (Å²) >= 11 is 5.83. The minimum Gasteiger partial charge on any atom is -0.545 e. The van der Waals surface area contributed by atoms with Gasteiger partial charge in [0.1, 0.15) is 0 Å². The minimum absolute atomic E-state index is 0. The van der Waals surface area contributed by atoms with E-state index in [1.807, 2.05) is 0 Å². The molecule has 0 aromatic carbocycles. The van der Waals surface area contributed by atoms with E-state index in [9.17, 15) is 19.8 Å². The van der Waals surface area contributed by atoms with Crippen molar-refractivity contribution in [1.82, 2.24) is 0 Å². The molecule has 0 unspecified atom stereocenters. The van der Waals surface area contributed by atoms with Gasteiger partial charge in [0.2, 0.25) is 0 Å². The van der Waals surface area contributed by atoms with Gasteiger partial charge in [0.15, 0.2) is 0 Å². The SMILES string of the molecule is C/C(Br)=C/C(=O)[O-].C/C(Br)=C/C(=O)[O-].[Cd+2]. The van der Waals surface area contributed by atoms with E-state index in [1.54, 1.807) is 13.8 Å². The number of carbonyl (C=O) groups is 2. The fourth-order valence-corrected chi connectivity index (χ4v) is 0.699. The molecule has 15 heavy (non-hydrogen) atoms. The predicted molar refractivity (Wildman–Crippen MR) is 55.4 cm³/mol. The third kappa shape index (κ3) is 31.4. The van der Waals surface area contributed by atoms with E-state index in [2.05, 4.69) is 31.9 Å². The Kier molecular flexibility index (Phi) is 17.1. The molecule has 0 aliphatic rings. The van der Waals surface area contributed by atoms with Crippen molar-refractivity contribution in [3.8, 4) is 0 Å². The molecule has 0 amide bonds. The second-order valence-electron chi connectivity index (χ2n) is 2.10. The van der Waals surface area contributed by atoms with Crippen LogP contribution in [0.2, 0.25) is 0 Å². The van der Waals surface area contributed by atoms with E-state index in [0.717, 1.165) is 12.2 Å². The molecule has 0 aliphatic heterocycles. The Balaban J connectivity index is -0.000000180. The summed E-state index contributed by atoms with van der Waals surface area (Å²) in [6, 6.07) is 0. The maximum atomic E-state index is 9.59. The monoisotopic (exact) mass is 440 g/mol. The first kappa shape index (κ1) is 20.7. The van der Waals surface area contributed by atoms with E-state index in [-0.39, 0.29) is 27.3 Å². The molecule has 80 valence electrons. The summed E-state index contributed by atoms with van der Waals surface area (Å²) in [5.74, 6) is -2.34. The first-order valence-corrected chi connectivity index (χ1v) is 4.94. The van der Waals surface area contributed by atoms with Gasteiger partial charge in [-0.2, -0.15) is 0 Å². The Morgan fingerprint density at radius 1 is 0.933 bits per heavy atom. The molecule has 0 spiro atoms. The van der Waals surface area contributed by atoms with Crippen LogP contribution in [-0.2, 0) is 36.9 Å². The van der Waals surface area contributed by atoms with Crippen LogP contribution in [0, 0.1) is 0 Å². The van der Waals surface area contributed by atoms with Gasteiger partial charge in [-0.3, -0.25) is 0 Å². The molecular weight excluding hydrogens is 432 g/mol. The molecule has 4 nitrogen and oxygen atoms in total. The Hall–Kier alpha value is 0.302. The Morgan fingerprint density at radius 3 is 1.13 bits per heavy atom. The summed E-state index contributed by atoms with van der Waals surface area (Å²) in [5, 5.41) is 19.2. The second kappa shape index (κ2) is 12.4. The van der Waals surface area contributed by atoms with Crippen molar-refractivity contribution < 1.29 is 47.1 Å². The molecule has 0 saturated carbocycles. The fourth-order valence-electron chi connectivity index (χ4n) is 0.325. The maximum absolute atomic E-state index is 9.59. The van der Waals surface area contributed by atoms with Crippen molar-refractivity contribution in [2.45, 2.75) is 13.8 Å². The smallest absolute Gasteiger partial charge is 0.545 e. The molecule has 0 fully saturated rings. The summed E-state index contributed by atoms with van der Waals surface area (Å²) in [4.78, 5) is 19.2. The van der Waals surface area contributed by atoms with Crippen LogP contribution in [0.1, 0.15) is 13.8 Å². The zero-order valence-electron chi connectivity index (χ0n) is 8.25. The van der Waals surface area contributed by atoms with Crippen LogP contribution < -0.4 is 10.2 Å². The molecule has 0 aromatic rings. The number of rotatable bonds is 2. The zero-order chi connectivity index (χ0) is 11.7. The molecule has 7 heteroatoms. The van der Waals surface area contributed by atoms with Crippen LogP contribution in [0.15, 0.2) is 21.1 Å². The first-order valence-electron chi connectivity index (χ1n) is 3.35. The van der Waals surface area contributed by atoms with Crippen molar-refractivity contribution in [2.75, 3.05) is 0 Å². The predicted octanol–water partition coefficient (Wildman–Crippen LogP) is 0.0675. The standard InChI is InChI=1S/2C4H5BrO2.Cd/c2*1-3(5)2-4(6)7;/h2*2H,1H3,(H,6,7);/q;;+2/p-2/b2*3-2-;. The Bertz CT molecular complexity index is 238. The van der Waals surface area contributed by atoms with Crippen LogP contribution in [0.4, 0.5) is 0 Å². The second-order valence-corrected chi connectivity index (χ2v) is 4.60. The number of allylic oxidation sites excluding steroid dienone is 2. The van der Waals surface area contributed by atoms with Crippen LogP contribution >= 0.6 is 31.9 Å². The minimum atomic E-state index is -1.17. The molecule has 0 bridgehead atoms. The van der Waals surface area contributed by atoms with Gasteiger partial charge in [0, 0.05) is 0 Å². The van der Waals surface area contributed by atoms with E-state index in [1.165, 1.54) is 0 Å². The van der Waals surface area contributed by atoms with Crippen molar-refractivity contribution in [2.24, 2.45) is 0 Å². The van der Waals surface area contributed by atoms with Crippen LogP contribution in [0.5, 0.6) is 0 Å². The number of carboxylic acid groups (broad SMARTS) is 2. The summed E-state index contributed by atoms with van der Waals surface area (Å²) in [5.41, 5.74) is 0. The van der Waals surface area contributed by atoms with Gasteiger partial charge in [-0.1, -0.05) is 31.9 Å². The van der Waals surface area contributed by atoms with Crippen LogP contribution in [0.3, 0.4) is 0 Å². The summed E-state index contributed by atoms with van der Waals surface area (Å²) < 4.78 is 1.13. The number of carboxylic acids is 2. The first-order chi connectivity index (χ1) is 6.25. The molecule has 0 saturated heterocycles. The van der Waals surface area contributed by atoms with Crippen molar-refractivity contribution >= 4 is 43.8 Å². The molecule has 0 aromatic heterocycles. The van der Waals surface area contributed by atoms with Crippen molar-refractivity contribution in [3.63, 3.8) is 0 Å². The van der Waals surface area contributed by atoms with Gasteiger partial charge >= 0.3 is 27.3 Å². The fraction of sp³-hybridized carbons (Fsp3) is 0.250. The van der Waals surface area contributed by atoms with Crippen LogP contribution in [0.25, 0.3) is 0 Å². The van der Waals surface area contributed by atoms with Gasteiger partial charge in [0.25, 0.3) is 0 Å². The topological polar surface area (TPSA) is 80.3 Å². The average Bonchev–Trinajstić information content (AvgIpc) is 1.79. The average molecular weight is 440 g/mol. The quantitative estimate of drug-likeness (QED) is 0.450. The van der Waals surface area contributed by atoms with E-state index < -0.39 is 11.9 Å². The Labute approximate surface area is 125 Å². The third-order valence-electron chi connectivity index (χ3n) is 0.633. The molecule has 0 atom stereocenters. The number of hydrogen-bond acceptors (Lipinski definition) is 4. The van der Waals surface area contributed by atoms with Gasteiger partial charge in [0.05, 0.1) is 11.9 Å². The molecular formula is C8H8Br2CdO4. The van der Waals surface area contributed by atoms with E-state index >= 15 is 0 Å². The Morgan fingerprint density at radius 2 is 1.13 bits per heavy atom. The number of halogens is 2. The van der Waals surface area contributed by atoms with Gasteiger partial charge in [-0.15, -0.1) is 0 Å². The summed E-state index contributed by atoms with van der Waals surface area (Å²) in [7, 11) is 0. The van der Waals surface area contributed by atoms with Gasteiger partial charge in [-0.05, 0) is 35.0 Å². The number of hydrogen-bond donors (Lipinski definition) is 0. The molecule has 0 N–H and O–H groups in total. The largest absolute Gasteiger partial charge is 2.00 e. The van der Waals surface area contributed by atoms with E-state index in [4.69, 9.17) is 0 Å². The molecule has 0 radical (unpaired) electrons. The van der Waals surface area contributed by atoms with Crippen molar-refractivity contribution in [1.29, 1.82) is 0 Å². The summed E-state index contributed by atoms with van der Waals surface area (Å²) in [6.45, 7) is 3.24. The third-order valence-corrected chi connectivity index (χ3v) is 1.09. The van der Waals surface area contributed by atoms with E-state index in [0.29, 0.717) is 8.96 Å². The zero-order valence-corrected chi connectivity index (χ0v) is 15.5. The maximum Gasteiger partial charge on any atom is 2.00 e. The van der Waals surface area contributed by atoms with Gasteiger partial charge in [-0.25, -0.2) is 0 Å². The molecule has 0 heterocycles. The van der Waals surface area contributed by atoms with Gasteiger partial charge < -0.3 is 19.8 Å².